The third kappa shape index (κ3) is 4.91. The van der Waals surface area contributed by atoms with Crippen LogP contribution in [-0.2, 0) is 19.6 Å². The Morgan fingerprint density at radius 1 is 1.12 bits per heavy atom. The Hall–Kier alpha value is -1.69. The van der Waals surface area contributed by atoms with Crippen LogP contribution in [-0.4, -0.2) is 57.0 Å². The smallest absolute Gasteiger partial charge is 0.0534 e. The zero-order valence-electron chi connectivity index (χ0n) is 15.4. The number of rotatable bonds is 7. The predicted octanol–water partition coefficient (Wildman–Crippen LogP) is 2.28. The van der Waals surface area contributed by atoms with Crippen LogP contribution in [0.2, 0.25) is 0 Å². The summed E-state index contributed by atoms with van der Waals surface area (Å²) in [4.78, 5) is 5.01. The van der Waals surface area contributed by atoms with Crippen LogP contribution in [0.1, 0.15) is 30.0 Å². The summed E-state index contributed by atoms with van der Waals surface area (Å²) in [5.74, 6) is 0. The maximum atomic E-state index is 9.49. The number of benzene rings is 1. The highest BCUT2D eigenvalue weighted by molar-refractivity contribution is 5.21. The topological polar surface area (TPSA) is 44.5 Å². The Morgan fingerprint density at radius 3 is 2.60 bits per heavy atom. The highest BCUT2D eigenvalue weighted by Crippen LogP contribution is 2.18. The molecule has 5 nitrogen and oxygen atoms in total. The third-order valence-electron chi connectivity index (χ3n) is 5.07. The van der Waals surface area contributed by atoms with Gasteiger partial charge in [0.05, 0.1) is 6.20 Å². The van der Waals surface area contributed by atoms with Gasteiger partial charge in [0.15, 0.2) is 0 Å². The molecule has 1 aliphatic rings. The Balaban J connectivity index is 1.60. The zero-order valence-corrected chi connectivity index (χ0v) is 15.4. The van der Waals surface area contributed by atoms with Crippen molar-refractivity contribution >= 4 is 0 Å². The number of aliphatic hydroxyl groups is 1. The van der Waals surface area contributed by atoms with Crippen LogP contribution in [0.3, 0.4) is 0 Å². The second kappa shape index (κ2) is 8.61. The monoisotopic (exact) mass is 342 g/mol. The fourth-order valence-corrected chi connectivity index (χ4v) is 3.58. The Labute approximate surface area is 150 Å². The highest BCUT2D eigenvalue weighted by Gasteiger charge is 2.26. The second-order valence-electron chi connectivity index (χ2n) is 7.06. The molecule has 0 bridgehead atoms. The molecule has 1 atom stereocenters. The van der Waals surface area contributed by atoms with Gasteiger partial charge in [-0.25, -0.2) is 0 Å². The van der Waals surface area contributed by atoms with Crippen molar-refractivity contribution in [1.29, 1.82) is 0 Å². The van der Waals surface area contributed by atoms with Gasteiger partial charge in [-0.15, -0.1) is 0 Å². The van der Waals surface area contributed by atoms with E-state index in [1.807, 2.05) is 10.9 Å². The lowest BCUT2D eigenvalue weighted by Gasteiger charge is -2.41. The summed E-state index contributed by atoms with van der Waals surface area (Å²) in [5, 5.41) is 13.9. The summed E-state index contributed by atoms with van der Waals surface area (Å²) < 4.78 is 1.98. The standard InChI is InChI=1S/C20H30N4O/c1-3-24-15-19(12-21-24)13-22-9-10-23(20(16-22)8-11-25)14-18-6-4-17(2)5-7-18/h4-7,12,15,20,25H,3,8-11,13-14,16H2,1-2H3. The molecule has 25 heavy (non-hydrogen) atoms. The Morgan fingerprint density at radius 2 is 1.92 bits per heavy atom. The van der Waals surface area contributed by atoms with Crippen LogP contribution in [0, 0.1) is 6.92 Å². The number of aryl methyl sites for hydroxylation is 2. The number of aliphatic hydroxyl groups excluding tert-OH is 1. The molecule has 0 amide bonds. The van der Waals surface area contributed by atoms with Gasteiger partial charge in [-0.05, 0) is 25.8 Å². The lowest BCUT2D eigenvalue weighted by atomic mass is 10.1. The minimum absolute atomic E-state index is 0.247. The first kappa shape index (κ1) is 18.1. The van der Waals surface area contributed by atoms with E-state index in [4.69, 9.17) is 0 Å². The van der Waals surface area contributed by atoms with Gasteiger partial charge in [0.2, 0.25) is 0 Å². The maximum absolute atomic E-state index is 9.49. The largest absolute Gasteiger partial charge is 0.396 e. The summed E-state index contributed by atoms with van der Waals surface area (Å²) >= 11 is 0. The summed E-state index contributed by atoms with van der Waals surface area (Å²) in [6.07, 6.45) is 4.94. The van der Waals surface area contributed by atoms with E-state index in [9.17, 15) is 5.11 Å². The van der Waals surface area contributed by atoms with Gasteiger partial charge >= 0.3 is 0 Å². The average molecular weight is 342 g/mol. The lowest BCUT2D eigenvalue weighted by molar-refractivity contribution is 0.0499. The molecule has 0 radical (unpaired) electrons. The number of aromatic nitrogens is 2. The summed E-state index contributed by atoms with van der Waals surface area (Å²) in [7, 11) is 0. The molecule has 5 heteroatoms. The van der Waals surface area contributed by atoms with Gasteiger partial charge in [-0.2, -0.15) is 5.10 Å². The van der Waals surface area contributed by atoms with E-state index in [2.05, 4.69) is 59.2 Å². The summed E-state index contributed by atoms with van der Waals surface area (Å²) in [6, 6.07) is 9.20. The molecule has 1 fully saturated rings. The first-order chi connectivity index (χ1) is 12.2. The minimum Gasteiger partial charge on any atom is -0.396 e. The van der Waals surface area contributed by atoms with E-state index in [1.165, 1.54) is 16.7 Å². The van der Waals surface area contributed by atoms with Crippen LogP contribution in [0.5, 0.6) is 0 Å². The molecule has 3 rings (SSSR count). The summed E-state index contributed by atoms with van der Waals surface area (Å²) in [6.45, 7) is 10.4. The fourth-order valence-electron chi connectivity index (χ4n) is 3.58. The van der Waals surface area contributed by atoms with E-state index in [0.29, 0.717) is 6.04 Å². The fraction of sp³-hybridized carbons (Fsp3) is 0.550. The molecule has 1 N–H and O–H groups in total. The van der Waals surface area contributed by atoms with Gasteiger partial charge in [-0.1, -0.05) is 29.8 Å². The van der Waals surface area contributed by atoms with Crippen molar-refractivity contribution in [2.45, 2.75) is 45.9 Å². The molecule has 1 aromatic heterocycles. The molecule has 0 aliphatic carbocycles. The van der Waals surface area contributed by atoms with E-state index in [1.54, 1.807) is 0 Å². The molecule has 1 saturated heterocycles. The van der Waals surface area contributed by atoms with E-state index >= 15 is 0 Å². The number of hydrogen-bond donors (Lipinski definition) is 1. The first-order valence-electron chi connectivity index (χ1n) is 9.32. The second-order valence-corrected chi connectivity index (χ2v) is 7.06. The molecule has 2 aromatic rings. The van der Waals surface area contributed by atoms with Crippen LogP contribution >= 0.6 is 0 Å². The Kier molecular flexibility index (Phi) is 6.24. The lowest BCUT2D eigenvalue weighted by Crippen LogP contribution is -2.52. The van der Waals surface area contributed by atoms with E-state index in [-0.39, 0.29) is 6.61 Å². The number of nitrogens with zero attached hydrogens (tertiary/aromatic N) is 4. The number of piperazine rings is 1. The molecule has 1 aliphatic heterocycles. The normalized spacial score (nSPS) is 19.4. The van der Waals surface area contributed by atoms with Crippen molar-refractivity contribution in [3.8, 4) is 0 Å². The maximum Gasteiger partial charge on any atom is 0.0534 e. The van der Waals surface area contributed by atoms with Crippen molar-refractivity contribution in [2.75, 3.05) is 26.2 Å². The minimum atomic E-state index is 0.247. The quantitative estimate of drug-likeness (QED) is 0.838. The van der Waals surface area contributed by atoms with Crippen LogP contribution in [0.15, 0.2) is 36.7 Å². The van der Waals surface area contributed by atoms with Crippen molar-refractivity contribution in [3.05, 3.63) is 53.3 Å². The average Bonchev–Trinajstić information content (AvgIpc) is 3.07. The highest BCUT2D eigenvalue weighted by atomic mass is 16.3. The SMILES string of the molecule is CCn1cc(CN2CCN(Cc3ccc(C)cc3)C(CCO)C2)cn1. The van der Waals surface area contributed by atoms with Gasteiger partial charge in [0.25, 0.3) is 0 Å². The summed E-state index contributed by atoms with van der Waals surface area (Å²) in [5.41, 5.74) is 3.93. The van der Waals surface area contributed by atoms with E-state index in [0.717, 1.165) is 45.7 Å². The van der Waals surface area contributed by atoms with Crippen molar-refractivity contribution in [2.24, 2.45) is 0 Å². The van der Waals surface area contributed by atoms with Gasteiger partial charge in [0.1, 0.15) is 0 Å². The van der Waals surface area contributed by atoms with E-state index < -0.39 is 0 Å². The molecule has 2 heterocycles. The predicted molar refractivity (Wildman–Crippen MR) is 100 cm³/mol. The molecular formula is C20H30N4O. The molecule has 1 aromatic carbocycles. The zero-order chi connectivity index (χ0) is 17.6. The molecule has 1 unspecified atom stereocenters. The van der Waals surface area contributed by atoms with Gasteiger partial charge in [0, 0.05) is 63.7 Å². The van der Waals surface area contributed by atoms with Crippen LogP contribution < -0.4 is 0 Å². The van der Waals surface area contributed by atoms with Gasteiger partial charge < -0.3 is 5.11 Å². The van der Waals surface area contributed by atoms with Gasteiger partial charge in [-0.3, -0.25) is 14.5 Å². The Bertz CT molecular complexity index is 652. The van der Waals surface area contributed by atoms with Crippen LogP contribution in [0.4, 0.5) is 0 Å². The third-order valence-corrected chi connectivity index (χ3v) is 5.07. The molecule has 0 spiro atoms. The van der Waals surface area contributed by atoms with Crippen molar-refractivity contribution < 1.29 is 5.11 Å². The van der Waals surface area contributed by atoms with Crippen LogP contribution in [0.25, 0.3) is 0 Å². The number of hydrogen-bond acceptors (Lipinski definition) is 4. The van der Waals surface area contributed by atoms with Crippen molar-refractivity contribution in [3.63, 3.8) is 0 Å². The molecule has 0 saturated carbocycles. The van der Waals surface area contributed by atoms with Crippen molar-refractivity contribution in [1.82, 2.24) is 19.6 Å². The molecular weight excluding hydrogens is 312 g/mol. The first-order valence-corrected chi connectivity index (χ1v) is 9.32. The molecule has 136 valence electrons.